The third-order valence-corrected chi connectivity index (χ3v) is 3.29. The molecule has 6 heteroatoms. The Balaban J connectivity index is 2.88. The third kappa shape index (κ3) is 5.18. The van der Waals surface area contributed by atoms with Crippen molar-refractivity contribution in [2.45, 2.75) is 25.6 Å². The molecule has 0 radical (unpaired) electrons. The standard InChI is InChI=1S/C18H25NO5/c1-6-9-18(22-11-8-12-23-18)17(21)19(10-7-2)13-15(5)24-16(20)14(3)4/h6-7H,1-3,5,8-13H2,4H3. The molecule has 0 aromatic heterocycles. The van der Waals surface area contributed by atoms with Crippen molar-refractivity contribution in [3.8, 4) is 0 Å². The summed E-state index contributed by atoms with van der Waals surface area (Å²) in [6, 6.07) is 0. The number of ether oxygens (including phenoxy) is 3. The van der Waals surface area contributed by atoms with Gasteiger partial charge in [-0.3, -0.25) is 4.79 Å². The summed E-state index contributed by atoms with van der Waals surface area (Å²) >= 11 is 0. The predicted molar refractivity (Wildman–Crippen MR) is 90.9 cm³/mol. The van der Waals surface area contributed by atoms with Crippen molar-refractivity contribution in [2.75, 3.05) is 26.3 Å². The van der Waals surface area contributed by atoms with Gasteiger partial charge >= 0.3 is 5.97 Å². The molecule has 1 aliphatic heterocycles. The number of hydrogen-bond donors (Lipinski definition) is 0. The highest BCUT2D eigenvalue weighted by molar-refractivity contribution is 5.88. The number of carbonyl (C=O) groups is 2. The lowest BCUT2D eigenvalue weighted by molar-refractivity contribution is -0.259. The molecule has 1 fully saturated rings. The first kappa shape index (κ1) is 19.9. The molecule has 1 heterocycles. The molecule has 0 N–H and O–H groups in total. The fraction of sp³-hybridized carbons (Fsp3) is 0.444. The SMILES string of the molecule is C=CCN(CC(=C)OC(=O)C(=C)C)C(=O)C1(CC=C)OCCCO1. The van der Waals surface area contributed by atoms with Crippen LogP contribution in [0.2, 0.25) is 0 Å². The number of esters is 1. The van der Waals surface area contributed by atoms with Gasteiger partial charge in [0.2, 0.25) is 0 Å². The molecule has 1 rings (SSSR count). The summed E-state index contributed by atoms with van der Waals surface area (Å²) in [5.41, 5.74) is 0.250. The zero-order valence-corrected chi connectivity index (χ0v) is 14.2. The van der Waals surface area contributed by atoms with Crippen molar-refractivity contribution in [2.24, 2.45) is 0 Å². The van der Waals surface area contributed by atoms with E-state index in [4.69, 9.17) is 14.2 Å². The maximum atomic E-state index is 12.9. The van der Waals surface area contributed by atoms with Gasteiger partial charge in [-0.2, -0.15) is 0 Å². The van der Waals surface area contributed by atoms with E-state index in [1.807, 2.05) is 0 Å². The first-order chi connectivity index (χ1) is 11.4. The number of amides is 1. The second-order valence-electron chi connectivity index (χ2n) is 5.48. The van der Waals surface area contributed by atoms with E-state index in [9.17, 15) is 9.59 Å². The van der Waals surface area contributed by atoms with Crippen molar-refractivity contribution >= 4 is 11.9 Å². The minimum absolute atomic E-state index is 0.00941. The van der Waals surface area contributed by atoms with E-state index in [2.05, 4.69) is 26.3 Å². The molecule has 1 aliphatic rings. The molecular weight excluding hydrogens is 310 g/mol. The van der Waals surface area contributed by atoms with E-state index < -0.39 is 11.8 Å². The summed E-state index contributed by atoms with van der Waals surface area (Å²) in [5, 5.41) is 0. The van der Waals surface area contributed by atoms with Crippen molar-refractivity contribution in [1.82, 2.24) is 4.90 Å². The van der Waals surface area contributed by atoms with Crippen molar-refractivity contribution in [3.05, 3.63) is 49.8 Å². The third-order valence-electron chi connectivity index (χ3n) is 3.29. The summed E-state index contributed by atoms with van der Waals surface area (Å²) in [7, 11) is 0. The van der Waals surface area contributed by atoms with E-state index in [1.165, 1.54) is 11.8 Å². The molecular formula is C18H25NO5. The van der Waals surface area contributed by atoms with Crippen LogP contribution in [0.1, 0.15) is 19.8 Å². The summed E-state index contributed by atoms with van der Waals surface area (Å²) in [6.07, 6.45) is 4.08. The smallest absolute Gasteiger partial charge is 0.338 e. The van der Waals surface area contributed by atoms with Crippen LogP contribution < -0.4 is 0 Å². The quantitative estimate of drug-likeness (QED) is 0.280. The average molecular weight is 335 g/mol. The second-order valence-corrected chi connectivity index (χ2v) is 5.48. The van der Waals surface area contributed by atoms with Gasteiger partial charge in [-0.05, 0) is 13.3 Å². The lowest BCUT2D eigenvalue weighted by Gasteiger charge is -2.38. The molecule has 0 saturated carbocycles. The first-order valence-corrected chi connectivity index (χ1v) is 7.71. The van der Waals surface area contributed by atoms with Gasteiger partial charge in [0.05, 0.1) is 19.8 Å². The van der Waals surface area contributed by atoms with Crippen LogP contribution in [0.25, 0.3) is 0 Å². The number of carbonyl (C=O) groups excluding carboxylic acids is 2. The van der Waals surface area contributed by atoms with Crippen LogP contribution in [0.3, 0.4) is 0 Å². The Morgan fingerprint density at radius 1 is 1.21 bits per heavy atom. The average Bonchev–Trinajstić information content (AvgIpc) is 2.54. The highest BCUT2D eigenvalue weighted by Gasteiger charge is 2.44. The van der Waals surface area contributed by atoms with Gasteiger partial charge in [0, 0.05) is 18.5 Å². The topological polar surface area (TPSA) is 65.1 Å². The van der Waals surface area contributed by atoms with Crippen molar-refractivity contribution in [1.29, 1.82) is 0 Å². The van der Waals surface area contributed by atoms with Crippen LogP contribution in [-0.2, 0) is 23.8 Å². The number of nitrogens with zero attached hydrogens (tertiary/aromatic N) is 1. The zero-order chi connectivity index (χ0) is 18.2. The molecule has 0 unspecified atom stereocenters. The molecule has 1 amide bonds. The molecule has 132 valence electrons. The van der Waals surface area contributed by atoms with Crippen LogP contribution in [0.4, 0.5) is 0 Å². The summed E-state index contributed by atoms with van der Waals surface area (Å²) in [5.74, 6) is -2.24. The first-order valence-electron chi connectivity index (χ1n) is 7.71. The maximum Gasteiger partial charge on any atom is 0.338 e. The highest BCUT2D eigenvalue weighted by Crippen LogP contribution is 2.26. The molecule has 1 saturated heterocycles. The number of rotatable bonds is 9. The van der Waals surface area contributed by atoms with Crippen LogP contribution >= 0.6 is 0 Å². The molecule has 0 aliphatic carbocycles. The molecule has 6 nitrogen and oxygen atoms in total. The van der Waals surface area contributed by atoms with E-state index >= 15 is 0 Å². The Morgan fingerprint density at radius 2 is 1.83 bits per heavy atom. The van der Waals surface area contributed by atoms with Gasteiger partial charge < -0.3 is 19.1 Å². The molecule has 0 bridgehead atoms. The minimum Gasteiger partial charge on any atom is -0.426 e. The molecule has 0 atom stereocenters. The lowest BCUT2D eigenvalue weighted by Crippen LogP contribution is -2.55. The highest BCUT2D eigenvalue weighted by atomic mass is 16.7. The summed E-state index contributed by atoms with van der Waals surface area (Å²) in [6.45, 7) is 17.1. The Bertz CT molecular complexity index is 532. The van der Waals surface area contributed by atoms with Crippen LogP contribution in [0.15, 0.2) is 49.8 Å². The molecule has 24 heavy (non-hydrogen) atoms. The zero-order valence-electron chi connectivity index (χ0n) is 14.2. The monoisotopic (exact) mass is 335 g/mol. The number of hydrogen-bond acceptors (Lipinski definition) is 5. The largest absolute Gasteiger partial charge is 0.426 e. The molecule has 0 spiro atoms. The van der Waals surface area contributed by atoms with Gasteiger partial charge in [0.25, 0.3) is 11.7 Å². The normalized spacial score (nSPS) is 15.9. The van der Waals surface area contributed by atoms with E-state index in [0.717, 1.165) is 6.42 Å². The molecule has 0 aromatic carbocycles. The Kier molecular flexibility index (Phi) is 7.61. The van der Waals surface area contributed by atoms with Crippen LogP contribution in [0, 0.1) is 0 Å². The van der Waals surface area contributed by atoms with E-state index in [1.54, 1.807) is 12.2 Å². The Hall–Kier alpha value is -2.18. The van der Waals surface area contributed by atoms with Gasteiger partial charge in [0.1, 0.15) is 5.76 Å². The van der Waals surface area contributed by atoms with Gasteiger partial charge in [-0.25, -0.2) is 4.79 Å². The predicted octanol–water partition coefficient (Wildman–Crippen LogP) is 2.34. The van der Waals surface area contributed by atoms with Gasteiger partial charge in [-0.1, -0.05) is 25.3 Å². The Labute approximate surface area is 143 Å². The molecule has 0 aromatic rings. The maximum absolute atomic E-state index is 12.9. The van der Waals surface area contributed by atoms with Crippen molar-refractivity contribution < 1.29 is 23.8 Å². The second kappa shape index (κ2) is 9.20. The summed E-state index contributed by atoms with van der Waals surface area (Å²) in [4.78, 5) is 25.9. The van der Waals surface area contributed by atoms with E-state index in [-0.39, 0.29) is 36.7 Å². The summed E-state index contributed by atoms with van der Waals surface area (Å²) < 4.78 is 16.3. The van der Waals surface area contributed by atoms with Crippen molar-refractivity contribution in [3.63, 3.8) is 0 Å². The minimum atomic E-state index is -1.40. The van der Waals surface area contributed by atoms with Crippen LogP contribution in [-0.4, -0.2) is 48.9 Å². The van der Waals surface area contributed by atoms with Gasteiger partial charge in [0.15, 0.2) is 0 Å². The Morgan fingerprint density at radius 3 is 2.33 bits per heavy atom. The van der Waals surface area contributed by atoms with E-state index in [0.29, 0.717) is 13.2 Å². The fourth-order valence-corrected chi connectivity index (χ4v) is 2.17. The van der Waals surface area contributed by atoms with Crippen LogP contribution in [0.5, 0.6) is 0 Å². The fourth-order valence-electron chi connectivity index (χ4n) is 2.17. The lowest BCUT2D eigenvalue weighted by atomic mass is 10.1. The van der Waals surface area contributed by atoms with Gasteiger partial charge in [-0.15, -0.1) is 13.2 Å².